The van der Waals surface area contributed by atoms with Gasteiger partial charge >= 0.3 is 0 Å². The van der Waals surface area contributed by atoms with Crippen molar-refractivity contribution in [2.45, 2.75) is 38.3 Å². The number of nitriles is 1. The molecule has 0 unspecified atom stereocenters. The Balaban J connectivity index is 1.77. The number of nitrogens with one attached hydrogen (secondary N) is 2. The summed E-state index contributed by atoms with van der Waals surface area (Å²) < 4.78 is 41.6. The lowest BCUT2D eigenvalue weighted by atomic mass is 9.92. The number of fused-ring (bicyclic) bond motifs is 1. The molecule has 8 heteroatoms. The van der Waals surface area contributed by atoms with Crippen LogP contribution in [0.15, 0.2) is 30.5 Å². The Morgan fingerprint density at radius 1 is 1.27 bits per heavy atom. The molecule has 2 aromatic heterocycles. The minimum absolute atomic E-state index is 0.197. The van der Waals surface area contributed by atoms with Crippen LogP contribution in [0.1, 0.15) is 36.4 Å². The summed E-state index contributed by atoms with van der Waals surface area (Å²) in [6, 6.07) is 8.23. The van der Waals surface area contributed by atoms with E-state index >= 15 is 0 Å². The second kappa shape index (κ2) is 8.36. The summed E-state index contributed by atoms with van der Waals surface area (Å²) in [5.74, 6) is -0.300. The standard InChI is InChI=1S/C22H22F3N5/c1-13-7-17-18(11-26)22(30(16-3-2-4-16)21(17)8-19(13)25)20-6-5-14(12-27-20)28-29-15(9-23)10-24/h5-8,12,15-16,28-29H,2-4,9-10H2,1H3. The molecule has 0 radical (unpaired) electrons. The lowest BCUT2D eigenvalue weighted by Gasteiger charge is -2.30. The highest BCUT2D eigenvalue weighted by molar-refractivity contribution is 5.94. The normalized spacial score (nSPS) is 14.1. The van der Waals surface area contributed by atoms with E-state index in [1.54, 1.807) is 25.1 Å². The molecular formula is C22H22F3N5. The monoisotopic (exact) mass is 413 g/mol. The Bertz CT molecular complexity index is 1090. The quantitative estimate of drug-likeness (QED) is 0.537. The number of aromatic nitrogens is 2. The summed E-state index contributed by atoms with van der Waals surface area (Å²) in [5.41, 5.74) is 8.77. The molecule has 1 aliphatic carbocycles. The van der Waals surface area contributed by atoms with E-state index < -0.39 is 19.4 Å². The maximum atomic E-state index is 14.3. The van der Waals surface area contributed by atoms with Crippen molar-refractivity contribution in [3.63, 3.8) is 0 Å². The largest absolute Gasteiger partial charge is 0.335 e. The Labute approximate surface area is 172 Å². The summed E-state index contributed by atoms with van der Waals surface area (Å²) in [6.45, 7) is 0.0140. The van der Waals surface area contributed by atoms with Crippen molar-refractivity contribution in [3.8, 4) is 17.5 Å². The van der Waals surface area contributed by atoms with E-state index in [4.69, 9.17) is 0 Å². The van der Waals surface area contributed by atoms with Gasteiger partial charge in [0, 0.05) is 11.4 Å². The Morgan fingerprint density at radius 2 is 2.03 bits per heavy atom. The SMILES string of the molecule is Cc1cc2c(C#N)c(-c3ccc(NNC(CF)CF)cn3)n(C3CCC3)c2cc1F. The van der Waals surface area contributed by atoms with Crippen LogP contribution in [0.2, 0.25) is 0 Å². The predicted molar refractivity (Wildman–Crippen MR) is 110 cm³/mol. The van der Waals surface area contributed by atoms with E-state index in [2.05, 4.69) is 21.9 Å². The molecule has 0 bridgehead atoms. The zero-order valence-electron chi connectivity index (χ0n) is 16.6. The lowest BCUT2D eigenvalue weighted by molar-refractivity contribution is 0.320. The third-order valence-electron chi connectivity index (χ3n) is 5.63. The van der Waals surface area contributed by atoms with E-state index in [-0.39, 0.29) is 11.9 Å². The molecule has 5 nitrogen and oxygen atoms in total. The van der Waals surface area contributed by atoms with Crippen molar-refractivity contribution in [3.05, 3.63) is 47.4 Å². The predicted octanol–water partition coefficient (Wildman–Crippen LogP) is 4.97. The molecule has 0 amide bonds. The molecule has 1 aromatic carbocycles. The second-order valence-electron chi connectivity index (χ2n) is 7.62. The van der Waals surface area contributed by atoms with Crippen molar-refractivity contribution in [2.24, 2.45) is 0 Å². The molecule has 30 heavy (non-hydrogen) atoms. The summed E-state index contributed by atoms with van der Waals surface area (Å²) in [4.78, 5) is 4.47. The first-order valence-corrected chi connectivity index (χ1v) is 9.91. The van der Waals surface area contributed by atoms with E-state index in [0.717, 1.165) is 24.6 Å². The van der Waals surface area contributed by atoms with Crippen molar-refractivity contribution in [1.29, 1.82) is 5.26 Å². The van der Waals surface area contributed by atoms with E-state index in [1.807, 2.05) is 4.57 Å². The first-order valence-electron chi connectivity index (χ1n) is 9.91. The molecule has 0 aliphatic heterocycles. The van der Waals surface area contributed by atoms with Crippen LogP contribution < -0.4 is 10.9 Å². The van der Waals surface area contributed by atoms with Crippen molar-refractivity contribution in [1.82, 2.24) is 15.0 Å². The van der Waals surface area contributed by atoms with Gasteiger partial charge in [0.05, 0.1) is 40.4 Å². The van der Waals surface area contributed by atoms with Crippen LogP contribution in [0.3, 0.4) is 0 Å². The molecule has 3 aromatic rings. The van der Waals surface area contributed by atoms with E-state index in [9.17, 15) is 18.4 Å². The molecule has 2 N–H and O–H groups in total. The van der Waals surface area contributed by atoms with Crippen LogP contribution in [-0.4, -0.2) is 28.9 Å². The number of pyridine rings is 1. The van der Waals surface area contributed by atoms with Gasteiger partial charge in [0.25, 0.3) is 0 Å². The lowest BCUT2D eigenvalue weighted by Crippen LogP contribution is -2.37. The van der Waals surface area contributed by atoms with Gasteiger partial charge in [-0.05, 0) is 56.0 Å². The van der Waals surface area contributed by atoms with Gasteiger partial charge in [0.15, 0.2) is 0 Å². The molecule has 1 aliphatic rings. The highest BCUT2D eigenvalue weighted by atomic mass is 19.1. The number of rotatable bonds is 7. The summed E-state index contributed by atoms with van der Waals surface area (Å²) in [5, 5.41) is 10.6. The number of hydrogen-bond acceptors (Lipinski definition) is 4. The molecule has 4 rings (SSSR count). The fourth-order valence-corrected chi connectivity index (χ4v) is 3.74. The second-order valence-corrected chi connectivity index (χ2v) is 7.62. The Kier molecular flexibility index (Phi) is 5.64. The number of halogens is 3. The van der Waals surface area contributed by atoms with Crippen molar-refractivity contribution in [2.75, 3.05) is 18.8 Å². The summed E-state index contributed by atoms with van der Waals surface area (Å²) >= 11 is 0. The van der Waals surface area contributed by atoms with Gasteiger partial charge in [-0.1, -0.05) is 0 Å². The molecule has 0 saturated heterocycles. The molecule has 0 spiro atoms. The van der Waals surface area contributed by atoms with Gasteiger partial charge in [0.1, 0.15) is 25.2 Å². The fourth-order valence-electron chi connectivity index (χ4n) is 3.74. The van der Waals surface area contributed by atoms with Crippen LogP contribution in [0, 0.1) is 24.1 Å². The van der Waals surface area contributed by atoms with Crippen LogP contribution in [0.25, 0.3) is 22.3 Å². The highest BCUT2D eigenvalue weighted by Gasteiger charge is 2.28. The van der Waals surface area contributed by atoms with Crippen molar-refractivity contribution >= 4 is 16.6 Å². The summed E-state index contributed by atoms with van der Waals surface area (Å²) in [7, 11) is 0. The topological polar surface area (TPSA) is 65.7 Å². The van der Waals surface area contributed by atoms with Crippen LogP contribution in [0.5, 0.6) is 0 Å². The molecule has 2 heterocycles. The average molecular weight is 413 g/mol. The molecule has 156 valence electrons. The first kappa shape index (κ1) is 20.2. The summed E-state index contributed by atoms with van der Waals surface area (Å²) in [6.07, 6.45) is 4.56. The third kappa shape index (κ3) is 3.50. The Hall–Kier alpha value is -3.05. The smallest absolute Gasteiger partial charge is 0.128 e. The van der Waals surface area contributed by atoms with E-state index in [1.165, 1.54) is 12.3 Å². The number of nitrogens with zero attached hydrogens (tertiary/aromatic N) is 3. The number of benzene rings is 1. The van der Waals surface area contributed by atoms with Gasteiger partial charge in [-0.15, -0.1) is 0 Å². The van der Waals surface area contributed by atoms with Crippen LogP contribution in [0.4, 0.5) is 18.9 Å². The van der Waals surface area contributed by atoms with Gasteiger partial charge < -0.3 is 9.99 Å². The maximum Gasteiger partial charge on any atom is 0.128 e. The van der Waals surface area contributed by atoms with E-state index in [0.29, 0.717) is 33.7 Å². The molecule has 1 fully saturated rings. The van der Waals surface area contributed by atoms with Gasteiger partial charge in [-0.25, -0.2) is 18.6 Å². The van der Waals surface area contributed by atoms with Gasteiger partial charge in [-0.2, -0.15) is 5.26 Å². The number of anilines is 1. The van der Waals surface area contributed by atoms with Gasteiger partial charge in [0.2, 0.25) is 0 Å². The first-order chi connectivity index (χ1) is 14.6. The highest BCUT2D eigenvalue weighted by Crippen LogP contribution is 2.42. The number of aryl methyl sites for hydroxylation is 1. The minimum atomic E-state index is -0.936. The zero-order valence-corrected chi connectivity index (χ0v) is 16.6. The molecule has 0 atom stereocenters. The number of hydrogen-bond donors (Lipinski definition) is 2. The Morgan fingerprint density at radius 3 is 2.60 bits per heavy atom. The fraction of sp³-hybridized carbons (Fsp3) is 0.364. The third-order valence-corrected chi connectivity index (χ3v) is 5.63. The number of alkyl halides is 2. The van der Waals surface area contributed by atoms with Crippen molar-refractivity contribution < 1.29 is 13.2 Å². The zero-order chi connectivity index (χ0) is 21.3. The van der Waals surface area contributed by atoms with Crippen LogP contribution >= 0.6 is 0 Å². The maximum absolute atomic E-state index is 14.3. The number of hydrazine groups is 1. The van der Waals surface area contributed by atoms with Crippen LogP contribution in [-0.2, 0) is 0 Å². The average Bonchev–Trinajstić information content (AvgIpc) is 3.01. The van der Waals surface area contributed by atoms with Gasteiger partial charge in [-0.3, -0.25) is 4.98 Å². The molecular weight excluding hydrogens is 391 g/mol. The minimum Gasteiger partial charge on any atom is -0.335 e. The molecule has 1 saturated carbocycles.